The van der Waals surface area contributed by atoms with Crippen molar-refractivity contribution in [2.24, 2.45) is 0 Å². The SMILES string of the molecule is Cc1ncccc1-c1[nH]nc2nc(Oc3ccc(F)cc3F)ncc12. The first kappa shape index (κ1) is 15.1. The molecule has 0 spiro atoms. The topological polar surface area (TPSA) is 76.6 Å². The highest BCUT2D eigenvalue weighted by Gasteiger charge is 2.14. The lowest BCUT2D eigenvalue weighted by atomic mass is 10.1. The summed E-state index contributed by atoms with van der Waals surface area (Å²) in [7, 11) is 0. The fourth-order valence-corrected chi connectivity index (χ4v) is 2.45. The molecule has 0 amide bonds. The number of hydrogen-bond acceptors (Lipinski definition) is 5. The zero-order chi connectivity index (χ0) is 17.4. The summed E-state index contributed by atoms with van der Waals surface area (Å²) in [4.78, 5) is 12.5. The van der Waals surface area contributed by atoms with Gasteiger partial charge in [-0.25, -0.2) is 13.8 Å². The third kappa shape index (κ3) is 2.78. The largest absolute Gasteiger partial charge is 0.421 e. The molecular weight excluding hydrogens is 328 g/mol. The van der Waals surface area contributed by atoms with Crippen LogP contribution >= 0.6 is 0 Å². The first-order valence-electron chi connectivity index (χ1n) is 7.38. The van der Waals surface area contributed by atoms with E-state index in [0.717, 1.165) is 29.1 Å². The molecule has 0 aliphatic heterocycles. The Balaban J connectivity index is 1.71. The zero-order valence-corrected chi connectivity index (χ0v) is 13.0. The number of rotatable bonds is 3. The molecule has 0 bridgehead atoms. The second-order valence-electron chi connectivity index (χ2n) is 5.30. The first-order valence-corrected chi connectivity index (χ1v) is 7.38. The molecule has 0 saturated heterocycles. The van der Waals surface area contributed by atoms with E-state index in [9.17, 15) is 8.78 Å². The summed E-state index contributed by atoms with van der Waals surface area (Å²) in [6.45, 7) is 1.89. The zero-order valence-electron chi connectivity index (χ0n) is 13.0. The molecule has 0 fully saturated rings. The van der Waals surface area contributed by atoms with Crippen molar-refractivity contribution < 1.29 is 13.5 Å². The number of pyridine rings is 1. The van der Waals surface area contributed by atoms with Crippen molar-refractivity contribution in [3.05, 3.63) is 60.1 Å². The fraction of sp³-hybridized carbons (Fsp3) is 0.0588. The van der Waals surface area contributed by atoms with E-state index in [0.29, 0.717) is 11.0 Å². The van der Waals surface area contributed by atoms with Crippen LogP contribution in [0.4, 0.5) is 8.78 Å². The highest BCUT2D eigenvalue weighted by atomic mass is 19.1. The summed E-state index contributed by atoms with van der Waals surface area (Å²) >= 11 is 0. The van der Waals surface area contributed by atoms with Gasteiger partial charge in [-0.3, -0.25) is 10.1 Å². The number of H-pyrrole nitrogens is 1. The van der Waals surface area contributed by atoms with Gasteiger partial charge in [0.1, 0.15) is 5.82 Å². The summed E-state index contributed by atoms with van der Waals surface area (Å²) < 4.78 is 31.9. The Morgan fingerprint density at radius 1 is 1.12 bits per heavy atom. The van der Waals surface area contributed by atoms with E-state index in [-0.39, 0.29) is 11.8 Å². The van der Waals surface area contributed by atoms with Crippen LogP contribution in [-0.2, 0) is 0 Å². The minimum Gasteiger partial charge on any atom is -0.421 e. The lowest BCUT2D eigenvalue weighted by Crippen LogP contribution is -1.95. The van der Waals surface area contributed by atoms with Crippen molar-refractivity contribution >= 4 is 11.0 Å². The van der Waals surface area contributed by atoms with Crippen molar-refractivity contribution in [3.63, 3.8) is 0 Å². The summed E-state index contributed by atoms with van der Waals surface area (Å²) in [5.74, 6) is -1.69. The van der Waals surface area contributed by atoms with Crippen LogP contribution in [0.1, 0.15) is 5.69 Å². The molecule has 3 heterocycles. The van der Waals surface area contributed by atoms with Crippen molar-refractivity contribution in [1.82, 2.24) is 25.1 Å². The maximum Gasteiger partial charge on any atom is 0.324 e. The fourth-order valence-electron chi connectivity index (χ4n) is 2.45. The molecule has 0 radical (unpaired) electrons. The van der Waals surface area contributed by atoms with Crippen molar-refractivity contribution in [1.29, 1.82) is 0 Å². The maximum absolute atomic E-state index is 13.7. The van der Waals surface area contributed by atoms with Crippen molar-refractivity contribution in [2.75, 3.05) is 0 Å². The van der Waals surface area contributed by atoms with Crippen LogP contribution in [0.5, 0.6) is 11.8 Å². The summed E-state index contributed by atoms with van der Waals surface area (Å²) in [5, 5.41) is 7.73. The van der Waals surface area contributed by atoms with E-state index < -0.39 is 11.6 Å². The third-order valence-corrected chi connectivity index (χ3v) is 3.66. The van der Waals surface area contributed by atoms with Crippen LogP contribution in [-0.4, -0.2) is 25.1 Å². The van der Waals surface area contributed by atoms with Crippen LogP contribution in [0.3, 0.4) is 0 Å². The van der Waals surface area contributed by atoms with Crippen molar-refractivity contribution in [2.45, 2.75) is 6.92 Å². The molecule has 0 atom stereocenters. The summed E-state index contributed by atoms with van der Waals surface area (Å²) in [6, 6.07) is 6.64. The Bertz CT molecular complexity index is 1080. The average Bonchev–Trinajstić information content (AvgIpc) is 3.01. The Labute approximate surface area is 140 Å². The second kappa shape index (κ2) is 5.90. The van der Waals surface area contributed by atoms with E-state index in [4.69, 9.17) is 4.74 Å². The highest BCUT2D eigenvalue weighted by Crippen LogP contribution is 2.28. The van der Waals surface area contributed by atoms with Gasteiger partial charge in [0.25, 0.3) is 0 Å². The standard InChI is InChI=1S/C17H11F2N5O/c1-9-11(3-2-6-20-9)15-12-8-21-17(22-16(12)24-23-15)25-14-5-4-10(18)7-13(14)19/h2-8H,1H3,(H,21,22,23,24). The molecule has 25 heavy (non-hydrogen) atoms. The van der Waals surface area contributed by atoms with E-state index in [1.54, 1.807) is 6.20 Å². The monoisotopic (exact) mass is 339 g/mol. The van der Waals surface area contributed by atoms with Gasteiger partial charge < -0.3 is 4.74 Å². The van der Waals surface area contributed by atoms with Gasteiger partial charge in [-0.05, 0) is 31.2 Å². The molecule has 124 valence electrons. The molecule has 4 aromatic rings. The van der Waals surface area contributed by atoms with E-state index >= 15 is 0 Å². The minimum atomic E-state index is -0.836. The van der Waals surface area contributed by atoms with Crippen LogP contribution < -0.4 is 4.74 Å². The summed E-state index contributed by atoms with van der Waals surface area (Å²) in [5.41, 5.74) is 2.82. The van der Waals surface area contributed by atoms with Crippen LogP contribution in [0.15, 0.2) is 42.7 Å². The lowest BCUT2D eigenvalue weighted by molar-refractivity contribution is 0.409. The summed E-state index contributed by atoms with van der Waals surface area (Å²) in [6.07, 6.45) is 3.24. The molecule has 6 nitrogen and oxygen atoms in total. The van der Waals surface area contributed by atoms with E-state index in [1.165, 1.54) is 12.3 Å². The Morgan fingerprint density at radius 3 is 2.80 bits per heavy atom. The van der Waals surface area contributed by atoms with Gasteiger partial charge in [-0.2, -0.15) is 10.1 Å². The maximum atomic E-state index is 13.7. The second-order valence-corrected chi connectivity index (χ2v) is 5.30. The number of aromatic nitrogens is 5. The smallest absolute Gasteiger partial charge is 0.324 e. The number of aromatic amines is 1. The number of nitrogens with zero attached hydrogens (tertiary/aromatic N) is 4. The molecular formula is C17H11F2N5O. The van der Waals surface area contributed by atoms with Gasteiger partial charge in [0.2, 0.25) is 0 Å². The quantitative estimate of drug-likeness (QED) is 0.614. The van der Waals surface area contributed by atoms with Gasteiger partial charge in [-0.1, -0.05) is 0 Å². The number of benzene rings is 1. The van der Waals surface area contributed by atoms with Crippen LogP contribution in [0.2, 0.25) is 0 Å². The average molecular weight is 339 g/mol. The lowest BCUT2D eigenvalue weighted by Gasteiger charge is -2.05. The predicted octanol–water partition coefficient (Wildman–Crippen LogP) is 3.79. The van der Waals surface area contributed by atoms with Crippen LogP contribution in [0, 0.1) is 18.6 Å². The number of halogens is 2. The Kier molecular flexibility index (Phi) is 3.57. The molecule has 0 saturated carbocycles. The first-order chi connectivity index (χ1) is 12.1. The third-order valence-electron chi connectivity index (χ3n) is 3.66. The van der Waals surface area contributed by atoms with Crippen molar-refractivity contribution in [3.8, 4) is 23.0 Å². The normalized spacial score (nSPS) is 11.0. The number of fused-ring (bicyclic) bond motifs is 1. The Morgan fingerprint density at radius 2 is 2.00 bits per heavy atom. The molecule has 0 aliphatic rings. The molecule has 0 unspecified atom stereocenters. The number of hydrogen-bond donors (Lipinski definition) is 1. The van der Waals surface area contributed by atoms with Gasteiger partial charge in [-0.15, -0.1) is 0 Å². The highest BCUT2D eigenvalue weighted by molar-refractivity contribution is 5.90. The molecule has 3 aromatic heterocycles. The van der Waals surface area contributed by atoms with Gasteiger partial charge >= 0.3 is 6.01 Å². The minimum absolute atomic E-state index is 0.0843. The Hall–Kier alpha value is -3.42. The van der Waals surface area contributed by atoms with E-state index in [1.807, 2.05) is 19.1 Å². The molecule has 4 rings (SSSR count). The predicted molar refractivity (Wildman–Crippen MR) is 86.1 cm³/mol. The van der Waals surface area contributed by atoms with E-state index in [2.05, 4.69) is 25.1 Å². The van der Waals surface area contributed by atoms with Gasteiger partial charge in [0.15, 0.2) is 17.2 Å². The molecule has 8 heteroatoms. The number of nitrogens with one attached hydrogen (secondary N) is 1. The number of ether oxygens (including phenoxy) is 1. The number of aryl methyl sites for hydroxylation is 1. The molecule has 1 N–H and O–H groups in total. The van der Waals surface area contributed by atoms with Gasteiger partial charge in [0, 0.05) is 29.7 Å². The molecule has 0 aliphatic carbocycles. The molecule has 1 aromatic carbocycles. The van der Waals surface area contributed by atoms with Gasteiger partial charge in [0.05, 0.1) is 11.1 Å². The van der Waals surface area contributed by atoms with Crippen LogP contribution in [0.25, 0.3) is 22.3 Å².